The number of rotatable bonds is 3. The molecule has 1 aliphatic heterocycles. The van der Waals surface area contributed by atoms with Crippen LogP contribution in [-0.2, 0) is 6.54 Å². The molecule has 4 nitrogen and oxygen atoms in total. The third-order valence-electron chi connectivity index (χ3n) is 3.80. The second kappa shape index (κ2) is 5.14. The van der Waals surface area contributed by atoms with Crippen molar-refractivity contribution >= 4 is 5.69 Å². The van der Waals surface area contributed by atoms with E-state index in [-0.39, 0.29) is 11.0 Å². The Morgan fingerprint density at radius 1 is 1.50 bits per heavy atom. The van der Waals surface area contributed by atoms with Gasteiger partial charge in [-0.05, 0) is 31.4 Å². The third-order valence-corrected chi connectivity index (χ3v) is 3.80. The fourth-order valence-electron chi connectivity index (χ4n) is 2.50. The van der Waals surface area contributed by atoms with E-state index in [1.165, 1.54) is 0 Å². The van der Waals surface area contributed by atoms with Crippen LogP contribution in [0.3, 0.4) is 0 Å². The van der Waals surface area contributed by atoms with Crippen LogP contribution in [0.2, 0.25) is 0 Å². The first kappa shape index (κ1) is 13.1. The molecule has 0 radical (unpaired) electrons. The lowest BCUT2D eigenvalue weighted by atomic mass is 9.80. The molecule has 2 N–H and O–H groups in total. The Kier molecular flexibility index (Phi) is 3.76. The van der Waals surface area contributed by atoms with E-state index in [0.717, 1.165) is 25.2 Å². The van der Waals surface area contributed by atoms with Gasteiger partial charge in [0.15, 0.2) is 0 Å². The van der Waals surface area contributed by atoms with Gasteiger partial charge < -0.3 is 15.2 Å². The van der Waals surface area contributed by atoms with Gasteiger partial charge >= 0.3 is 0 Å². The summed E-state index contributed by atoms with van der Waals surface area (Å²) in [7, 11) is 0. The molecule has 1 unspecified atom stereocenters. The topological polar surface area (TPSA) is 46.1 Å². The quantitative estimate of drug-likeness (QED) is 0.856. The fraction of sp³-hybridized carbons (Fsp3) is 0.643. The normalized spacial score (nSPS) is 22.7. The molecule has 1 atom stereocenters. The molecule has 0 spiro atoms. The standard InChI is InChI=1S/C14H23N3O/c1-4-17-9-11(5-6-13(17)18)16-12-7-8-15-10-14(12,2)3/h5-6,9,12,15-16H,4,7-8,10H2,1-3H3. The van der Waals surface area contributed by atoms with Crippen molar-refractivity contribution in [2.45, 2.75) is 39.8 Å². The molecule has 4 heteroatoms. The maximum Gasteiger partial charge on any atom is 0.250 e. The van der Waals surface area contributed by atoms with E-state index >= 15 is 0 Å². The number of hydrogen-bond donors (Lipinski definition) is 2. The van der Waals surface area contributed by atoms with Crippen LogP contribution in [0.15, 0.2) is 23.1 Å². The maximum atomic E-state index is 11.5. The van der Waals surface area contributed by atoms with E-state index < -0.39 is 0 Å². The number of piperidine rings is 1. The number of nitrogens with zero attached hydrogens (tertiary/aromatic N) is 1. The van der Waals surface area contributed by atoms with E-state index in [2.05, 4.69) is 24.5 Å². The highest BCUT2D eigenvalue weighted by molar-refractivity contribution is 5.42. The van der Waals surface area contributed by atoms with E-state index in [4.69, 9.17) is 0 Å². The predicted octanol–water partition coefficient (Wildman–Crippen LogP) is 1.67. The molecule has 0 aliphatic carbocycles. The summed E-state index contributed by atoms with van der Waals surface area (Å²) >= 11 is 0. The van der Waals surface area contributed by atoms with Crippen LogP contribution >= 0.6 is 0 Å². The molecule has 0 bridgehead atoms. The van der Waals surface area contributed by atoms with Crippen LogP contribution in [0.1, 0.15) is 27.2 Å². The molecule has 0 saturated carbocycles. The number of hydrogen-bond acceptors (Lipinski definition) is 3. The molecule has 0 aromatic carbocycles. The van der Waals surface area contributed by atoms with E-state index in [0.29, 0.717) is 12.6 Å². The first-order valence-electron chi connectivity index (χ1n) is 6.70. The molecule has 2 rings (SSSR count). The Labute approximate surface area is 108 Å². The van der Waals surface area contributed by atoms with E-state index in [9.17, 15) is 4.79 Å². The maximum absolute atomic E-state index is 11.5. The van der Waals surface area contributed by atoms with Gasteiger partial charge in [-0.25, -0.2) is 0 Å². The molecular weight excluding hydrogens is 226 g/mol. The first-order chi connectivity index (χ1) is 8.53. The summed E-state index contributed by atoms with van der Waals surface area (Å²) in [5, 5.41) is 7.00. The minimum Gasteiger partial charge on any atom is -0.380 e. The number of pyridine rings is 1. The Bertz CT molecular complexity index is 464. The highest BCUT2D eigenvalue weighted by atomic mass is 16.1. The first-order valence-corrected chi connectivity index (χ1v) is 6.70. The zero-order chi connectivity index (χ0) is 13.2. The van der Waals surface area contributed by atoms with Crippen LogP contribution in [-0.4, -0.2) is 23.7 Å². The summed E-state index contributed by atoms with van der Waals surface area (Å²) in [5.41, 5.74) is 1.33. The van der Waals surface area contributed by atoms with Crippen molar-refractivity contribution in [3.05, 3.63) is 28.7 Å². The molecule has 1 aromatic heterocycles. The molecule has 100 valence electrons. The molecule has 1 aliphatic rings. The monoisotopic (exact) mass is 249 g/mol. The number of nitrogens with one attached hydrogen (secondary N) is 2. The Hall–Kier alpha value is -1.29. The second-order valence-corrected chi connectivity index (χ2v) is 5.69. The summed E-state index contributed by atoms with van der Waals surface area (Å²) in [6, 6.07) is 3.97. The van der Waals surface area contributed by atoms with Crippen LogP contribution in [0, 0.1) is 5.41 Å². The van der Waals surface area contributed by atoms with Crippen LogP contribution < -0.4 is 16.2 Å². The van der Waals surface area contributed by atoms with Gasteiger partial charge in [0.25, 0.3) is 5.56 Å². The second-order valence-electron chi connectivity index (χ2n) is 5.69. The van der Waals surface area contributed by atoms with Gasteiger partial charge in [0, 0.05) is 31.4 Å². The smallest absolute Gasteiger partial charge is 0.250 e. The summed E-state index contributed by atoms with van der Waals surface area (Å²) in [6.07, 6.45) is 3.03. The molecule has 1 fully saturated rings. The molecular formula is C14H23N3O. The van der Waals surface area contributed by atoms with Crippen LogP contribution in [0.5, 0.6) is 0 Å². The molecule has 1 saturated heterocycles. The lowest BCUT2D eigenvalue weighted by molar-refractivity contribution is 0.236. The third kappa shape index (κ3) is 2.75. The summed E-state index contributed by atoms with van der Waals surface area (Å²) in [5.74, 6) is 0. The lowest BCUT2D eigenvalue weighted by Crippen LogP contribution is -2.49. The molecule has 1 aromatic rings. The van der Waals surface area contributed by atoms with Crippen molar-refractivity contribution in [1.29, 1.82) is 0 Å². The highest BCUT2D eigenvalue weighted by Gasteiger charge is 2.31. The zero-order valence-corrected chi connectivity index (χ0v) is 11.5. The molecule has 18 heavy (non-hydrogen) atoms. The van der Waals surface area contributed by atoms with Gasteiger partial charge in [-0.1, -0.05) is 13.8 Å². The zero-order valence-electron chi connectivity index (χ0n) is 11.5. The van der Waals surface area contributed by atoms with Crippen molar-refractivity contribution < 1.29 is 0 Å². The van der Waals surface area contributed by atoms with Crippen molar-refractivity contribution in [3.63, 3.8) is 0 Å². The van der Waals surface area contributed by atoms with Gasteiger partial charge in [-0.3, -0.25) is 4.79 Å². The van der Waals surface area contributed by atoms with E-state index in [1.54, 1.807) is 10.6 Å². The Morgan fingerprint density at radius 3 is 2.94 bits per heavy atom. The molecule has 2 heterocycles. The number of aromatic nitrogens is 1. The highest BCUT2D eigenvalue weighted by Crippen LogP contribution is 2.27. The number of aryl methyl sites for hydroxylation is 1. The predicted molar refractivity (Wildman–Crippen MR) is 75.1 cm³/mol. The van der Waals surface area contributed by atoms with Gasteiger partial charge in [-0.15, -0.1) is 0 Å². The fourth-order valence-corrected chi connectivity index (χ4v) is 2.50. The van der Waals surface area contributed by atoms with Crippen LogP contribution in [0.4, 0.5) is 5.69 Å². The van der Waals surface area contributed by atoms with Crippen molar-refractivity contribution in [2.24, 2.45) is 5.41 Å². The van der Waals surface area contributed by atoms with Gasteiger partial charge in [0.1, 0.15) is 0 Å². The van der Waals surface area contributed by atoms with Crippen LogP contribution in [0.25, 0.3) is 0 Å². The minimum atomic E-state index is 0.0626. The average molecular weight is 249 g/mol. The molecule has 0 amide bonds. The van der Waals surface area contributed by atoms with Crippen molar-refractivity contribution in [2.75, 3.05) is 18.4 Å². The average Bonchev–Trinajstić information content (AvgIpc) is 2.34. The Morgan fingerprint density at radius 2 is 2.28 bits per heavy atom. The lowest BCUT2D eigenvalue weighted by Gasteiger charge is -2.40. The Balaban J connectivity index is 2.15. The number of anilines is 1. The van der Waals surface area contributed by atoms with Gasteiger partial charge in [-0.2, -0.15) is 0 Å². The summed E-state index contributed by atoms with van der Waals surface area (Å²) < 4.78 is 1.73. The van der Waals surface area contributed by atoms with Gasteiger partial charge in [0.05, 0.1) is 5.69 Å². The minimum absolute atomic E-state index is 0.0626. The summed E-state index contributed by atoms with van der Waals surface area (Å²) in [6.45, 7) is 9.32. The SMILES string of the molecule is CCn1cc(NC2CCNCC2(C)C)ccc1=O. The van der Waals surface area contributed by atoms with E-state index in [1.807, 2.05) is 19.2 Å². The summed E-state index contributed by atoms with van der Waals surface area (Å²) in [4.78, 5) is 11.5. The van der Waals surface area contributed by atoms with Crippen molar-refractivity contribution in [3.8, 4) is 0 Å². The van der Waals surface area contributed by atoms with Gasteiger partial charge in [0.2, 0.25) is 0 Å². The van der Waals surface area contributed by atoms with Crippen molar-refractivity contribution in [1.82, 2.24) is 9.88 Å². The largest absolute Gasteiger partial charge is 0.380 e.